The molecule has 5 nitrogen and oxygen atoms in total. The summed E-state index contributed by atoms with van der Waals surface area (Å²) < 4.78 is 18.8. The van der Waals surface area contributed by atoms with Crippen LogP contribution in [0.2, 0.25) is 0 Å². The van der Waals surface area contributed by atoms with E-state index in [1.54, 1.807) is 23.9 Å². The lowest BCUT2D eigenvalue weighted by molar-refractivity contribution is 0.188. The first-order valence-corrected chi connectivity index (χ1v) is 9.42. The Labute approximate surface area is 150 Å². The van der Waals surface area contributed by atoms with E-state index < -0.39 is 5.95 Å². The van der Waals surface area contributed by atoms with Crippen molar-refractivity contribution in [1.82, 2.24) is 14.9 Å². The van der Waals surface area contributed by atoms with Gasteiger partial charge in [-0.05, 0) is 48.9 Å². The Morgan fingerprint density at radius 3 is 2.56 bits per heavy atom. The fraction of sp³-hybridized carbons (Fsp3) is 0.444. The number of ether oxygens (including phenoxy) is 1. The Kier molecular flexibility index (Phi) is 4.76. The molecule has 3 heterocycles. The van der Waals surface area contributed by atoms with E-state index in [-0.39, 0.29) is 11.9 Å². The molecular weight excluding hydrogens is 341 g/mol. The SMILES string of the molecule is Oc1ccc(SCN2C[C@H]3C[C@H](Oc4ccc(F)nc4)C[C@H]3C2)nc1. The number of hydrogen-bond donors (Lipinski definition) is 1. The number of halogens is 1. The highest BCUT2D eigenvalue weighted by Crippen LogP contribution is 2.40. The predicted octanol–water partition coefficient (Wildman–Crippen LogP) is 3.16. The number of aromatic nitrogens is 2. The fourth-order valence-electron chi connectivity index (χ4n) is 3.78. The molecule has 0 unspecified atom stereocenters. The zero-order valence-electron chi connectivity index (χ0n) is 13.7. The minimum absolute atomic E-state index is 0.197. The van der Waals surface area contributed by atoms with Crippen molar-refractivity contribution in [3.63, 3.8) is 0 Å². The number of pyridine rings is 2. The second-order valence-electron chi connectivity index (χ2n) is 6.71. The van der Waals surface area contributed by atoms with Gasteiger partial charge >= 0.3 is 0 Å². The highest BCUT2D eigenvalue weighted by molar-refractivity contribution is 7.99. The summed E-state index contributed by atoms with van der Waals surface area (Å²) in [6.45, 7) is 2.16. The summed E-state index contributed by atoms with van der Waals surface area (Å²) in [5.74, 6) is 2.60. The van der Waals surface area contributed by atoms with Gasteiger partial charge in [-0.2, -0.15) is 4.39 Å². The van der Waals surface area contributed by atoms with Crippen LogP contribution in [0.3, 0.4) is 0 Å². The molecule has 0 aromatic carbocycles. The second-order valence-corrected chi connectivity index (χ2v) is 7.68. The third kappa shape index (κ3) is 4.04. The van der Waals surface area contributed by atoms with Crippen molar-refractivity contribution in [3.8, 4) is 11.5 Å². The average molecular weight is 361 g/mol. The number of hydrogen-bond acceptors (Lipinski definition) is 6. The first-order chi connectivity index (χ1) is 12.2. The van der Waals surface area contributed by atoms with Gasteiger partial charge in [-0.25, -0.2) is 9.97 Å². The van der Waals surface area contributed by atoms with E-state index in [1.165, 1.54) is 18.5 Å². The van der Waals surface area contributed by atoms with Gasteiger partial charge in [0.1, 0.15) is 11.5 Å². The van der Waals surface area contributed by atoms with Crippen molar-refractivity contribution in [3.05, 3.63) is 42.6 Å². The van der Waals surface area contributed by atoms with Crippen molar-refractivity contribution in [2.75, 3.05) is 19.0 Å². The lowest BCUT2D eigenvalue weighted by Gasteiger charge is -2.19. The molecule has 1 aliphatic carbocycles. The maximum Gasteiger partial charge on any atom is 0.213 e. The maximum atomic E-state index is 12.9. The molecule has 132 valence electrons. The van der Waals surface area contributed by atoms with Gasteiger partial charge in [-0.3, -0.25) is 4.90 Å². The molecule has 3 atom stereocenters. The zero-order valence-corrected chi connectivity index (χ0v) is 14.5. The molecule has 0 spiro atoms. The quantitative estimate of drug-likeness (QED) is 0.652. The monoisotopic (exact) mass is 361 g/mol. The van der Waals surface area contributed by atoms with Gasteiger partial charge in [0.2, 0.25) is 5.95 Å². The summed E-state index contributed by atoms with van der Waals surface area (Å²) in [7, 11) is 0. The number of rotatable bonds is 5. The molecule has 1 saturated heterocycles. The van der Waals surface area contributed by atoms with E-state index in [9.17, 15) is 9.50 Å². The summed E-state index contributed by atoms with van der Waals surface area (Å²) in [4.78, 5) is 10.3. The van der Waals surface area contributed by atoms with E-state index in [1.807, 2.05) is 6.07 Å². The lowest BCUT2D eigenvalue weighted by Crippen LogP contribution is -2.24. The number of nitrogens with zero attached hydrogens (tertiary/aromatic N) is 3. The van der Waals surface area contributed by atoms with Crippen molar-refractivity contribution >= 4 is 11.8 Å². The topological polar surface area (TPSA) is 58.5 Å². The molecule has 0 bridgehead atoms. The summed E-state index contributed by atoms with van der Waals surface area (Å²) >= 11 is 1.70. The third-order valence-electron chi connectivity index (χ3n) is 4.90. The van der Waals surface area contributed by atoms with E-state index in [0.717, 1.165) is 36.8 Å². The van der Waals surface area contributed by atoms with Crippen LogP contribution in [-0.4, -0.2) is 45.0 Å². The van der Waals surface area contributed by atoms with Crippen molar-refractivity contribution < 1.29 is 14.2 Å². The Bertz CT molecular complexity index is 699. The second kappa shape index (κ2) is 7.17. The molecule has 25 heavy (non-hydrogen) atoms. The zero-order chi connectivity index (χ0) is 17.2. The van der Waals surface area contributed by atoms with Crippen LogP contribution in [0.15, 0.2) is 41.7 Å². The third-order valence-corrected chi connectivity index (χ3v) is 5.93. The molecule has 4 rings (SSSR count). The molecule has 1 saturated carbocycles. The molecular formula is C18H20FN3O2S. The molecule has 2 aliphatic rings. The maximum absolute atomic E-state index is 12.9. The molecule has 1 aliphatic heterocycles. The van der Waals surface area contributed by atoms with E-state index in [0.29, 0.717) is 17.6 Å². The van der Waals surface area contributed by atoms with Gasteiger partial charge in [-0.15, -0.1) is 0 Å². The van der Waals surface area contributed by atoms with Gasteiger partial charge in [0.15, 0.2) is 0 Å². The van der Waals surface area contributed by atoms with Gasteiger partial charge in [0.25, 0.3) is 0 Å². The summed E-state index contributed by atoms with van der Waals surface area (Å²) in [6, 6.07) is 6.49. The Morgan fingerprint density at radius 2 is 1.92 bits per heavy atom. The number of aromatic hydroxyl groups is 1. The molecule has 0 amide bonds. The number of fused-ring (bicyclic) bond motifs is 1. The van der Waals surface area contributed by atoms with Crippen molar-refractivity contribution in [1.29, 1.82) is 0 Å². The molecule has 0 radical (unpaired) electrons. The summed E-state index contributed by atoms with van der Waals surface area (Å²) in [5, 5.41) is 10.2. The minimum atomic E-state index is -0.480. The highest BCUT2D eigenvalue weighted by Gasteiger charge is 2.41. The average Bonchev–Trinajstić information content (AvgIpc) is 3.14. The Hall–Kier alpha value is -1.86. The van der Waals surface area contributed by atoms with Crippen LogP contribution in [0, 0.1) is 17.8 Å². The molecule has 7 heteroatoms. The van der Waals surface area contributed by atoms with Crippen LogP contribution in [0.25, 0.3) is 0 Å². The number of thioether (sulfide) groups is 1. The first kappa shape index (κ1) is 16.6. The number of likely N-dealkylation sites (tertiary alicyclic amines) is 1. The van der Waals surface area contributed by atoms with Crippen LogP contribution in [0.4, 0.5) is 4.39 Å². The van der Waals surface area contributed by atoms with E-state index in [4.69, 9.17) is 4.74 Å². The van der Waals surface area contributed by atoms with Gasteiger partial charge in [-0.1, -0.05) is 11.8 Å². The molecule has 2 aromatic heterocycles. The largest absolute Gasteiger partial charge is 0.506 e. The van der Waals surface area contributed by atoms with Gasteiger partial charge in [0.05, 0.1) is 29.4 Å². The van der Waals surface area contributed by atoms with Gasteiger partial charge in [0, 0.05) is 13.1 Å². The Balaban J connectivity index is 1.24. The van der Waals surface area contributed by atoms with Crippen LogP contribution in [0.1, 0.15) is 12.8 Å². The lowest BCUT2D eigenvalue weighted by atomic mass is 10.0. The first-order valence-electron chi connectivity index (χ1n) is 8.44. The van der Waals surface area contributed by atoms with Crippen molar-refractivity contribution in [2.45, 2.75) is 24.0 Å². The molecule has 1 N–H and O–H groups in total. The van der Waals surface area contributed by atoms with Crippen LogP contribution in [0.5, 0.6) is 11.5 Å². The standard InChI is InChI=1S/C18H20FN3O2S/c19-17-3-2-15(8-20-17)24-16-5-12-9-22(10-13(12)6-16)11-25-18-4-1-14(23)7-21-18/h1-4,7-8,12-13,16,23H,5-6,9-11H2/t12-,13+,16+. The minimum Gasteiger partial charge on any atom is -0.506 e. The van der Waals surface area contributed by atoms with Crippen LogP contribution >= 0.6 is 11.8 Å². The van der Waals surface area contributed by atoms with Crippen LogP contribution in [-0.2, 0) is 0 Å². The Morgan fingerprint density at radius 1 is 1.12 bits per heavy atom. The molecule has 2 aromatic rings. The van der Waals surface area contributed by atoms with E-state index in [2.05, 4.69) is 14.9 Å². The predicted molar refractivity (Wildman–Crippen MR) is 93.0 cm³/mol. The highest BCUT2D eigenvalue weighted by atomic mass is 32.2. The van der Waals surface area contributed by atoms with E-state index >= 15 is 0 Å². The summed E-state index contributed by atoms with van der Waals surface area (Å²) in [5.41, 5.74) is 0. The van der Waals surface area contributed by atoms with Crippen LogP contribution < -0.4 is 4.74 Å². The normalized spacial score (nSPS) is 25.9. The van der Waals surface area contributed by atoms with Crippen molar-refractivity contribution in [2.24, 2.45) is 11.8 Å². The summed E-state index contributed by atoms with van der Waals surface area (Å²) in [6.07, 6.45) is 5.22. The fourth-order valence-corrected chi connectivity index (χ4v) is 4.60. The smallest absolute Gasteiger partial charge is 0.213 e. The molecule has 2 fully saturated rings. The van der Waals surface area contributed by atoms with Gasteiger partial charge < -0.3 is 9.84 Å².